The van der Waals surface area contributed by atoms with Crippen molar-refractivity contribution in [1.29, 1.82) is 0 Å². The summed E-state index contributed by atoms with van der Waals surface area (Å²) in [5.74, 6) is -1.38. The second kappa shape index (κ2) is 5.77. The number of hydrogen-bond acceptors (Lipinski definition) is 3. The van der Waals surface area contributed by atoms with Gasteiger partial charge < -0.3 is 15.7 Å². The van der Waals surface area contributed by atoms with Gasteiger partial charge in [-0.2, -0.15) is 5.10 Å². The van der Waals surface area contributed by atoms with Crippen LogP contribution < -0.4 is 10.6 Å². The molecular weight excluding hydrogens is 260 g/mol. The van der Waals surface area contributed by atoms with Crippen LogP contribution in [0.3, 0.4) is 0 Å². The number of aryl methyl sites for hydroxylation is 1. The minimum Gasteiger partial charge on any atom is -0.481 e. The molecular formula is C13H18N4O3. The molecule has 1 aromatic heterocycles. The van der Waals surface area contributed by atoms with Crippen molar-refractivity contribution < 1.29 is 14.7 Å². The largest absolute Gasteiger partial charge is 0.481 e. The lowest BCUT2D eigenvalue weighted by Gasteiger charge is -2.13. The molecule has 3 N–H and O–H groups in total. The second-order valence-electron chi connectivity index (χ2n) is 4.88. The monoisotopic (exact) mass is 278 g/mol. The Balaban J connectivity index is 1.78. The maximum atomic E-state index is 11.7. The minimum absolute atomic E-state index is 0.230. The van der Waals surface area contributed by atoms with Crippen LogP contribution in [-0.2, 0) is 18.4 Å². The topological polar surface area (TPSA) is 96.2 Å². The Bertz CT molecular complexity index is 550. The fourth-order valence-electron chi connectivity index (χ4n) is 2.10. The number of carboxylic acids is 1. The molecule has 0 radical (unpaired) electrons. The Morgan fingerprint density at radius 1 is 1.50 bits per heavy atom. The fraction of sp³-hybridized carbons (Fsp3) is 0.462. The fourth-order valence-corrected chi connectivity index (χ4v) is 2.10. The summed E-state index contributed by atoms with van der Waals surface area (Å²) in [7, 11) is 1.84. The highest BCUT2D eigenvalue weighted by molar-refractivity contribution is 5.76. The number of nitrogens with one attached hydrogen (secondary N) is 2. The van der Waals surface area contributed by atoms with E-state index in [1.807, 2.05) is 14.0 Å². The van der Waals surface area contributed by atoms with Crippen LogP contribution in [0.5, 0.6) is 0 Å². The molecule has 20 heavy (non-hydrogen) atoms. The maximum Gasteiger partial charge on any atom is 0.315 e. The van der Waals surface area contributed by atoms with E-state index in [2.05, 4.69) is 15.7 Å². The molecule has 0 bridgehead atoms. The molecule has 0 spiro atoms. The standard InChI is InChI=1S/C13H18N4O3/c1-8-10(7-15-17(8)2)6-14-13(20)16-11-4-3-9(5-11)12(18)19/h3-4,7,9,11H,5-6H2,1-2H3,(H,18,19)(H2,14,16,20). The van der Waals surface area contributed by atoms with Crippen molar-refractivity contribution in [2.24, 2.45) is 13.0 Å². The Kier molecular flexibility index (Phi) is 4.07. The van der Waals surface area contributed by atoms with Crippen molar-refractivity contribution >= 4 is 12.0 Å². The highest BCUT2D eigenvalue weighted by Crippen LogP contribution is 2.17. The van der Waals surface area contributed by atoms with E-state index in [0.717, 1.165) is 11.3 Å². The van der Waals surface area contributed by atoms with Gasteiger partial charge in [0.1, 0.15) is 0 Å². The first kappa shape index (κ1) is 14.1. The molecule has 0 fully saturated rings. The molecule has 1 aliphatic carbocycles. The van der Waals surface area contributed by atoms with E-state index in [0.29, 0.717) is 13.0 Å². The van der Waals surface area contributed by atoms with Crippen LogP contribution in [0.25, 0.3) is 0 Å². The lowest BCUT2D eigenvalue weighted by molar-refractivity contribution is -0.140. The zero-order valence-electron chi connectivity index (χ0n) is 11.5. The molecule has 7 heteroatoms. The molecule has 2 amide bonds. The summed E-state index contributed by atoms with van der Waals surface area (Å²) in [6.45, 7) is 2.32. The summed E-state index contributed by atoms with van der Waals surface area (Å²) in [6, 6.07) is -0.542. The number of carboxylic acid groups (broad SMARTS) is 1. The number of urea groups is 1. The van der Waals surface area contributed by atoms with Gasteiger partial charge in [0.15, 0.2) is 0 Å². The summed E-state index contributed by atoms with van der Waals surface area (Å²) >= 11 is 0. The van der Waals surface area contributed by atoms with Gasteiger partial charge in [0.05, 0.1) is 18.2 Å². The van der Waals surface area contributed by atoms with Crippen molar-refractivity contribution in [3.8, 4) is 0 Å². The van der Waals surface area contributed by atoms with E-state index < -0.39 is 11.9 Å². The van der Waals surface area contributed by atoms with Gasteiger partial charge in [-0.1, -0.05) is 12.2 Å². The second-order valence-corrected chi connectivity index (χ2v) is 4.88. The summed E-state index contributed by atoms with van der Waals surface area (Å²) in [5.41, 5.74) is 1.95. The van der Waals surface area contributed by atoms with Crippen molar-refractivity contribution in [2.75, 3.05) is 0 Å². The summed E-state index contributed by atoms with van der Waals surface area (Å²) < 4.78 is 1.74. The van der Waals surface area contributed by atoms with Crippen molar-refractivity contribution in [1.82, 2.24) is 20.4 Å². The molecule has 7 nitrogen and oxygen atoms in total. The first-order valence-electron chi connectivity index (χ1n) is 6.40. The zero-order valence-corrected chi connectivity index (χ0v) is 11.5. The number of aliphatic carboxylic acids is 1. The van der Waals surface area contributed by atoms with Gasteiger partial charge in [-0.15, -0.1) is 0 Å². The first-order chi connectivity index (χ1) is 9.47. The molecule has 2 unspecified atom stereocenters. The molecule has 0 aliphatic heterocycles. The summed E-state index contributed by atoms with van der Waals surface area (Å²) in [6.07, 6.45) is 5.44. The average molecular weight is 278 g/mol. The number of amides is 2. The van der Waals surface area contributed by atoms with Crippen LogP contribution in [0.2, 0.25) is 0 Å². The van der Waals surface area contributed by atoms with Gasteiger partial charge in [0.25, 0.3) is 0 Å². The lowest BCUT2D eigenvalue weighted by Crippen LogP contribution is -2.40. The molecule has 0 saturated carbocycles. The number of carbonyl (C=O) groups excluding carboxylic acids is 1. The normalized spacial score (nSPS) is 20.9. The van der Waals surface area contributed by atoms with E-state index in [-0.39, 0.29) is 12.1 Å². The zero-order chi connectivity index (χ0) is 14.7. The predicted octanol–water partition coefficient (Wildman–Crippen LogP) is 0.557. The quantitative estimate of drug-likeness (QED) is 0.701. The van der Waals surface area contributed by atoms with Crippen molar-refractivity contribution in [3.05, 3.63) is 29.6 Å². The molecule has 1 heterocycles. The van der Waals surface area contributed by atoms with E-state index in [1.54, 1.807) is 23.0 Å². The number of aromatic nitrogens is 2. The average Bonchev–Trinajstić information content (AvgIpc) is 2.97. The first-order valence-corrected chi connectivity index (χ1v) is 6.40. The van der Waals surface area contributed by atoms with E-state index in [4.69, 9.17) is 5.11 Å². The van der Waals surface area contributed by atoms with Crippen LogP contribution >= 0.6 is 0 Å². The Morgan fingerprint density at radius 2 is 2.25 bits per heavy atom. The molecule has 1 aliphatic rings. The number of hydrogen-bond donors (Lipinski definition) is 3. The van der Waals surface area contributed by atoms with E-state index in [9.17, 15) is 9.59 Å². The third-order valence-electron chi connectivity index (χ3n) is 3.49. The van der Waals surface area contributed by atoms with Gasteiger partial charge in [-0.3, -0.25) is 9.48 Å². The number of rotatable bonds is 4. The van der Waals surface area contributed by atoms with E-state index in [1.165, 1.54) is 0 Å². The smallest absolute Gasteiger partial charge is 0.315 e. The minimum atomic E-state index is -0.864. The van der Waals surface area contributed by atoms with Crippen LogP contribution in [0.1, 0.15) is 17.7 Å². The van der Waals surface area contributed by atoms with E-state index >= 15 is 0 Å². The molecule has 2 atom stereocenters. The molecule has 108 valence electrons. The molecule has 0 saturated heterocycles. The summed E-state index contributed by atoms with van der Waals surface area (Å²) in [4.78, 5) is 22.5. The van der Waals surface area contributed by atoms with Crippen molar-refractivity contribution in [2.45, 2.75) is 25.9 Å². The number of nitrogens with zero attached hydrogens (tertiary/aromatic N) is 2. The predicted molar refractivity (Wildman–Crippen MR) is 72.0 cm³/mol. The van der Waals surface area contributed by atoms with Crippen LogP contribution in [0.4, 0.5) is 4.79 Å². The third-order valence-corrected chi connectivity index (χ3v) is 3.49. The van der Waals surface area contributed by atoms with Crippen LogP contribution in [0.15, 0.2) is 18.3 Å². The van der Waals surface area contributed by atoms with Gasteiger partial charge in [-0.05, 0) is 13.3 Å². The van der Waals surface area contributed by atoms with Gasteiger partial charge >= 0.3 is 12.0 Å². The maximum absolute atomic E-state index is 11.7. The van der Waals surface area contributed by atoms with Crippen molar-refractivity contribution in [3.63, 3.8) is 0 Å². The Hall–Kier alpha value is -2.31. The van der Waals surface area contributed by atoms with Gasteiger partial charge in [0, 0.05) is 24.8 Å². The van der Waals surface area contributed by atoms with Crippen LogP contribution in [-0.4, -0.2) is 32.9 Å². The Labute approximate surface area is 116 Å². The van der Waals surface area contributed by atoms with Crippen LogP contribution in [0, 0.1) is 12.8 Å². The summed E-state index contributed by atoms with van der Waals surface area (Å²) in [5, 5.41) is 18.4. The molecule has 1 aromatic rings. The Morgan fingerprint density at radius 3 is 2.80 bits per heavy atom. The SMILES string of the molecule is Cc1c(CNC(=O)NC2C=CC(C(=O)O)C2)cnn1C. The lowest BCUT2D eigenvalue weighted by atomic mass is 10.1. The third kappa shape index (κ3) is 3.17. The number of carbonyl (C=O) groups is 2. The molecule has 0 aromatic carbocycles. The van der Waals surface area contributed by atoms with Gasteiger partial charge in [-0.25, -0.2) is 4.79 Å². The van der Waals surface area contributed by atoms with Gasteiger partial charge in [0.2, 0.25) is 0 Å². The molecule has 2 rings (SSSR count). The highest BCUT2D eigenvalue weighted by Gasteiger charge is 2.25. The highest BCUT2D eigenvalue weighted by atomic mass is 16.4.